The zero-order valence-electron chi connectivity index (χ0n) is 16.4. The molecule has 4 aromatic rings. The maximum Gasteiger partial charge on any atom is 0.344 e. The Kier molecular flexibility index (Phi) is 5.05. The van der Waals surface area contributed by atoms with Crippen molar-refractivity contribution < 1.29 is 19.0 Å². The van der Waals surface area contributed by atoms with Gasteiger partial charge in [-0.2, -0.15) is 0 Å². The molecule has 2 aromatic carbocycles. The van der Waals surface area contributed by atoms with E-state index in [1.165, 1.54) is 12.2 Å². The molecular formula is C25H18O6. The molecule has 6 heteroatoms. The molecule has 2 N–H and O–H groups in total. The minimum atomic E-state index is -1.16. The van der Waals surface area contributed by atoms with Crippen LogP contribution in [-0.2, 0) is 0 Å². The predicted molar refractivity (Wildman–Crippen MR) is 118 cm³/mol. The topological polar surface area (TPSA) is 101 Å². The molecule has 4 rings (SSSR count). The van der Waals surface area contributed by atoms with Gasteiger partial charge < -0.3 is 19.0 Å². The van der Waals surface area contributed by atoms with Crippen LogP contribution in [0, 0.1) is 0 Å². The Hall–Kier alpha value is -4.32. The van der Waals surface area contributed by atoms with Gasteiger partial charge >= 0.3 is 11.3 Å². The molecule has 31 heavy (non-hydrogen) atoms. The minimum Gasteiger partial charge on any atom is -0.507 e. The third-order valence-electron chi connectivity index (χ3n) is 5.12. The van der Waals surface area contributed by atoms with E-state index in [4.69, 9.17) is 8.83 Å². The fourth-order valence-electron chi connectivity index (χ4n) is 3.70. The van der Waals surface area contributed by atoms with E-state index >= 15 is 0 Å². The molecule has 0 radical (unpaired) electrons. The van der Waals surface area contributed by atoms with Crippen LogP contribution >= 0.6 is 0 Å². The summed E-state index contributed by atoms with van der Waals surface area (Å²) in [5.74, 6) is -1.87. The molecule has 0 saturated carbocycles. The zero-order chi connectivity index (χ0) is 22.1. The molecule has 6 nitrogen and oxygen atoms in total. The average molecular weight is 414 g/mol. The second-order valence-corrected chi connectivity index (χ2v) is 6.83. The van der Waals surface area contributed by atoms with E-state index in [9.17, 15) is 19.8 Å². The van der Waals surface area contributed by atoms with E-state index in [0.717, 1.165) is 0 Å². The van der Waals surface area contributed by atoms with Gasteiger partial charge in [0.2, 0.25) is 0 Å². The van der Waals surface area contributed by atoms with Gasteiger partial charge in [0, 0.05) is 0 Å². The number of rotatable bonds is 5. The normalized spacial score (nSPS) is 11.9. The van der Waals surface area contributed by atoms with Gasteiger partial charge in [0.1, 0.15) is 22.8 Å². The highest BCUT2D eigenvalue weighted by molar-refractivity contribution is 5.84. The van der Waals surface area contributed by atoms with Crippen molar-refractivity contribution in [3.8, 4) is 11.5 Å². The maximum atomic E-state index is 13.0. The quantitative estimate of drug-likeness (QED) is 0.462. The van der Waals surface area contributed by atoms with Gasteiger partial charge in [0.05, 0.1) is 28.0 Å². The highest BCUT2D eigenvalue weighted by Crippen LogP contribution is 2.41. The summed E-state index contributed by atoms with van der Waals surface area (Å²) in [6, 6.07) is 15.0. The van der Waals surface area contributed by atoms with Crippen molar-refractivity contribution in [2.75, 3.05) is 0 Å². The first kappa shape index (κ1) is 20.0. The Morgan fingerprint density at radius 2 is 1.39 bits per heavy atom. The van der Waals surface area contributed by atoms with Crippen LogP contribution in [0.5, 0.6) is 11.5 Å². The molecule has 0 aliphatic rings. The van der Waals surface area contributed by atoms with Crippen LogP contribution in [0.4, 0.5) is 0 Å². The van der Waals surface area contributed by atoms with Crippen molar-refractivity contribution in [1.29, 1.82) is 0 Å². The van der Waals surface area contributed by atoms with Crippen LogP contribution in [0.25, 0.3) is 23.1 Å². The van der Waals surface area contributed by atoms with Gasteiger partial charge in [-0.05, 0) is 23.8 Å². The van der Waals surface area contributed by atoms with Crippen LogP contribution in [0.15, 0.2) is 86.2 Å². The van der Waals surface area contributed by atoms with Crippen LogP contribution in [-0.4, -0.2) is 10.2 Å². The summed E-state index contributed by atoms with van der Waals surface area (Å²) in [4.78, 5) is 25.9. The first-order valence-electron chi connectivity index (χ1n) is 9.42. The van der Waals surface area contributed by atoms with Crippen LogP contribution < -0.4 is 11.3 Å². The van der Waals surface area contributed by atoms with Crippen molar-refractivity contribution in [2.45, 2.75) is 5.92 Å². The van der Waals surface area contributed by atoms with Crippen molar-refractivity contribution >= 4 is 23.1 Å². The molecule has 1 unspecified atom stereocenters. The van der Waals surface area contributed by atoms with Crippen molar-refractivity contribution in [3.05, 3.63) is 117 Å². The first-order valence-corrected chi connectivity index (χ1v) is 9.42. The molecule has 0 aliphatic carbocycles. The number of benzene rings is 2. The molecular weight excluding hydrogens is 396 g/mol. The SMILES string of the molecule is C=Cc1oc(=O)c(C(c2ccccc2)c2c(O)c3ccccc3oc2=O)c(O)c1C=C. The summed E-state index contributed by atoms with van der Waals surface area (Å²) in [6.07, 6.45) is 2.60. The van der Waals surface area contributed by atoms with Gasteiger partial charge in [-0.25, -0.2) is 9.59 Å². The molecule has 0 amide bonds. The lowest BCUT2D eigenvalue weighted by Crippen LogP contribution is -2.22. The lowest BCUT2D eigenvalue weighted by atomic mass is 9.84. The molecule has 154 valence electrons. The Morgan fingerprint density at radius 3 is 2.06 bits per heavy atom. The Balaban J connectivity index is 2.15. The van der Waals surface area contributed by atoms with E-state index < -0.39 is 22.9 Å². The number of para-hydroxylation sites is 1. The molecule has 1 atom stereocenters. The summed E-state index contributed by atoms with van der Waals surface area (Å²) >= 11 is 0. The number of fused-ring (bicyclic) bond motifs is 1. The van der Waals surface area contributed by atoms with E-state index in [2.05, 4.69) is 13.2 Å². The number of hydrogen-bond acceptors (Lipinski definition) is 6. The standard InChI is InChI=1S/C25H18O6/c1-3-15-17(4-2)30-24(28)20(22(15)26)19(14-10-6-5-7-11-14)21-23(27)16-12-8-9-13-18(16)31-25(21)29/h3-13,19,26-27H,1-2H2. The number of hydrogen-bond donors (Lipinski definition) is 2. The zero-order valence-corrected chi connectivity index (χ0v) is 16.4. The van der Waals surface area contributed by atoms with E-state index in [1.807, 2.05) is 0 Å². The van der Waals surface area contributed by atoms with Crippen molar-refractivity contribution in [2.24, 2.45) is 0 Å². The summed E-state index contributed by atoms with van der Waals surface area (Å²) in [6.45, 7) is 7.23. The van der Waals surface area contributed by atoms with E-state index in [-0.39, 0.29) is 33.8 Å². The Morgan fingerprint density at radius 1 is 0.774 bits per heavy atom. The van der Waals surface area contributed by atoms with Crippen LogP contribution in [0.3, 0.4) is 0 Å². The van der Waals surface area contributed by atoms with E-state index in [1.54, 1.807) is 54.6 Å². The van der Waals surface area contributed by atoms with Crippen molar-refractivity contribution in [1.82, 2.24) is 0 Å². The highest BCUT2D eigenvalue weighted by atomic mass is 16.4. The molecule has 0 aliphatic heterocycles. The smallest absolute Gasteiger partial charge is 0.344 e. The fraction of sp³-hybridized carbons (Fsp3) is 0.0400. The van der Waals surface area contributed by atoms with Crippen molar-refractivity contribution in [3.63, 3.8) is 0 Å². The lowest BCUT2D eigenvalue weighted by Gasteiger charge is -2.20. The third-order valence-corrected chi connectivity index (χ3v) is 5.12. The lowest BCUT2D eigenvalue weighted by molar-refractivity contribution is 0.422. The monoisotopic (exact) mass is 414 g/mol. The summed E-state index contributed by atoms with van der Waals surface area (Å²) in [5, 5.41) is 22.3. The van der Waals surface area contributed by atoms with Gasteiger partial charge in [-0.1, -0.05) is 61.7 Å². The highest BCUT2D eigenvalue weighted by Gasteiger charge is 2.32. The molecule has 2 aromatic heterocycles. The first-order chi connectivity index (χ1) is 15.0. The van der Waals surface area contributed by atoms with Crippen LogP contribution in [0.2, 0.25) is 0 Å². The molecule has 0 bridgehead atoms. The largest absolute Gasteiger partial charge is 0.507 e. The molecule has 0 saturated heterocycles. The Labute approximate surface area is 176 Å². The third kappa shape index (κ3) is 3.24. The second kappa shape index (κ2) is 7.84. The second-order valence-electron chi connectivity index (χ2n) is 6.83. The predicted octanol–water partition coefficient (Wildman–Crippen LogP) is 4.62. The van der Waals surface area contributed by atoms with Gasteiger partial charge in [0.15, 0.2) is 0 Å². The Bertz CT molecular complexity index is 1430. The van der Waals surface area contributed by atoms with Gasteiger partial charge in [-0.15, -0.1) is 0 Å². The summed E-state index contributed by atoms with van der Waals surface area (Å²) in [7, 11) is 0. The molecule has 0 spiro atoms. The minimum absolute atomic E-state index is 0.0443. The molecule has 0 fully saturated rings. The average Bonchev–Trinajstić information content (AvgIpc) is 2.78. The molecule has 2 heterocycles. The van der Waals surface area contributed by atoms with Crippen LogP contribution in [0.1, 0.15) is 33.9 Å². The maximum absolute atomic E-state index is 13.0. The summed E-state index contributed by atoms with van der Waals surface area (Å²) in [5.41, 5.74) is -1.29. The van der Waals surface area contributed by atoms with Gasteiger partial charge in [-0.3, -0.25) is 0 Å². The van der Waals surface area contributed by atoms with Gasteiger partial charge in [0.25, 0.3) is 0 Å². The summed E-state index contributed by atoms with van der Waals surface area (Å²) < 4.78 is 10.7. The number of aromatic hydroxyl groups is 2. The van der Waals surface area contributed by atoms with E-state index in [0.29, 0.717) is 10.9 Å². The fourth-order valence-corrected chi connectivity index (χ4v) is 3.70.